The van der Waals surface area contributed by atoms with Crippen LogP contribution in [0.15, 0.2) is 10.6 Å². The summed E-state index contributed by atoms with van der Waals surface area (Å²) in [6, 6.07) is 2.07. The number of hydrogen-bond acceptors (Lipinski definition) is 3. The number of nitrogens with one attached hydrogen (secondary N) is 1. The Labute approximate surface area is 108 Å². The van der Waals surface area contributed by atoms with E-state index in [1.54, 1.807) is 0 Å². The first-order valence-corrected chi connectivity index (χ1v) is 6.97. The maximum atomic E-state index is 11.7. The van der Waals surface area contributed by atoms with Crippen molar-refractivity contribution in [2.75, 3.05) is 6.54 Å². The first kappa shape index (κ1) is 13.1. The van der Waals surface area contributed by atoms with Gasteiger partial charge in [-0.1, -0.05) is 12.1 Å². The molecule has 1 saturated carbocycles. The van der Waals surface area contributed by atoms with Crippen molar-refractivity contribution in [1.29, 1.82) is 0 Å². The first-order chi connectivity index (χ1) is 8.74. The molecule has 0 unspecified atom stereocenters. The zero-order valence-corrected chi connectivity index (χ0v) is 11.2. The third kappa shape index (κ3) is 2.92. The fourth-order valence-electron chi connectivity index (χ4n) is 2.66. The molecule has 0 spiro atoms. The molecule has 1 fully saturated rings. The molecule has 4 heteroatoms. The molecule has 0 radical (unpaired) electrons. The minimum atomic E-state index is 0.193. The molecule has 0 aromatic carbocycles. The quantitative estimate of drug-likeness (QED) is 0.893. The first-order valence-electron chi connectivity index (χ1n) is 6.97. The Balaban J connectivity index is 1.88. The van der Waals surface area contributed by atoms with Crippen LogP contribution in [0, 0.1) is 5.92 Å². The molecule has 1 N–H and O–H groups in total. The van der Waals surface area contributed by atoms with Crippen LogP contribution in [0.5, 0.6) is 0 Å². The molecule has 0 aliphatic heterocycles. The average molecular weight is 250 g/mol. The van der Waals surface area contributed by atoms with Crippen LogP contribution in [-0.4, -0.2) is 17.6 Å². The normalized spacial score (nSPS) is 23.9. The second-order valence-electron chi connectivity index (χ2n) is 5.01. The van der Waals surface area contributed by atoms with Gasteiger partial charge in [0.2, 0.25) is 5.91 Å². The number of carbonyl (C=O) groups excluding carboxylic acids is 1. The minimum absolute atomic E-state index is 0.193. The lowest BCUT2D eigenvalue weighted by molar-refractivity contribution is -0.125. The standard InChI is InChI=1S/C14H22N2O2/c1-3-12-9-13(16-18-12)10-5-7-11(8-6-10)14(17)15-4-2/h9-11H,3-8H2,1-2H3,(H,15,17). The Hall–Kier alpha value is -1.32. The van der Waals surface area contributed by atoms with E-state index in [1.165, 1.54) is 0 Å². The molecule has 1 heterocycles. The third-order valence-electron chi connectivity index (χ3n) is 3.79. The van der Waals surface area contributed by atoms with Gasteiger partial charge in [-0.15, -0.1) is 0 Å². The zero-order valence-electron chi connectivity index (χ0n) is 11.2. The van der Waals surface area contributed by atoms with Crippen molar-refractivity contribution < 1.29 is 9.32 Å². The average Bonchev–Trinajstić information content (AvgIpc) is 2.88. The second kappa shape index (κ2) is 6.03. The molecule has 4 nitrogen and oxygen atoms in total. The molecule has 1 amide bonds. The topological polar surface area (TPSA) is 55.1 Å². The van der Waals surface area contributed by atoms with Crippen LogP contribution in [-0.2, 0) is 11.2 Å². The van der Waals surface area contributed by atoms with E-state index in [0.717, 1.165) is 50.1 Å². The highest BCUT2D eigenvalue weighted by Gasteiger charge is 2.28. The Morgan fingerprint density at radius 2 is 2.11 bits per heavy atom. The van der Waals surface area contributed by atoms with Gasteiger partial charge in [-0.3, -0.25) is 4.79 Å². The number of nitrogens with zero attached hydrogens (tertiary/aromatic N) is 1. The molecule has 0 saturated heterocycles. The summed E-state index contributed by atoms with van der Waals surface area (Å²) in [5.41, 5.74) is 1.07. The molecule has 0 atom stereocenters. The number of rotatable bonds is 4. The molecule has 2 rings (SSSR count). The van der Waals surface area contributed by atoms with Gasteiger partial charge in [-0.05, 0) is 32.6 Å². The van der Waals surface area contributed by atoms with Crippen LogP contribution in [0.2, 0.25) is 0 Å². The Kier molecular flexibility index (Phi) is 4.39. The van der Waals surface area contributed by atoms with E-state index in [0.29, 0.717) is 5.92 Å². The molecule has 18 heavy (non-hydrogen) atoms. The monoisotopic (exact) mass is 250 g/mol. The van der Waals surface area contributed by atoms with Gasteiger partial charge in [0.15, 0.2) is 0 Å². The molecule has 1 aliphatic carbocycles. The van der Waals surface area contributed by atoms with E-state index < -0.39 is 0 Å². The Morgan fingerprint density at radius 3 is 2.67 bits per heavy atom. The van der Waals surface area contributed by atoms with Crippen molar-refractivity contribution in [1.82, 2.24) is 10.5 Å². The van der Waals surface area contributed by atoms with Crippen LogP contribution in [0.1, 0.15) is 56.9 Å². The molecule has 100 valence electrons. The van der Waals surface area contributed by atoms with Crippen LogP contribution in [0.3, 0.4) is 0 Å². The van der Waals surface area contributed by atoms with Gasteiger partial charge in [-0.2, -0.15) is 0 Å². The van der Waals surface area contributed by atoms with E-state index in [2.05, 4.69) is 23.5 Å². The molecular formula is C14H22N2O2. The van der Waals surface area contributed by atoms with Crippen LogP contribution < -0.4 is 5.32 Å². The molecule has 0 bridgehead atoms. The van der Waals surface area contributed by atoms with Crippen molar-refractivity contribution in [2.24, 2.45) is 5.92 Å². The minimum Gasteiger partial charge on any atom is -0.361 e. The number of hydrogen-bond donors (Lipinski definition) is 1. The third-order valence-corrected chi connectivity index (χ3v) is 3.79. The summed E-state index contributed by atoms with van der Waals surface area (Å²) in [5.74, 6) is 1.83. The van der Waals surface area contributed by atoms with E-state index in [-0.39, 0.29) is 11.8 Å². The number of aromatic nitrogens is 1. The summed E-state index contributed by atoms with van der Waals surface area (Å²) in [6.07, 6.45) is 4.89. The summed E-state index contributed by atoms with van der Waals surface area (Å²) in [6.45, 7) is 4.75. The van der Waals surface area contributed by atoms with Gasteiger partial charge < -0.3 is 9.84 Å². The van der Waals surface area contributed by atoms with E-state index in [9.17, 15) is 4.79 Å². The predicted octanol–water partition coefficient (Wildman–Crippen LogP) is 2.65. The second-order valence-corrected chi connectivity index (χ2v) is 5.01. The smallest absolute Gasteiger partial charge is 0.223 e. The highest BCUT2D eigenvalue weighted by atomic mass is 16.5. The van der Waals surface area contributed by atoms with E-state index in [4.69, 9.17) is 4.52 Å². The number of carbonyl (C=O) groups is 1. The van der Waals surface area contributed by atoms with Crippen LogP contribution >= 0.6 is 0 Å². The highest BCUT2D eigenvalue weighted by Crippen LogP contribution is 2.35. The lowest BCUT2D eigenvalue weighted by Crippen LogP contribution is -2.32. The van der Waals surface area contributed by atoms with Crippen molar-refractivity contribution in [3.05, 3.63) is 17.5 Å². The Morgan fingerprint density at radius 1 is 1.39 bits per heavy atom. The summed E-state index contributed by atoms with van der Waals surface area (Å²) in [7, 11) is 0. The maximum Gasteiger partial charge on any atom is 0.223 e. The fourth-order valence-corrected chi connectivity index (χ4v) is 2.66. The molecular weight excluding hydrogens is 228 g/mol. The lowest BCUT2D eigenvalue weighted by atomic mass is 9.80. The van der Waals surface area contributed by atoms with Gasteiger partial charge in [0.05, 0.1) is 5.69 Å². The number of aryl methyl sites for hydroxylation is 1. The molecule has 1 aromatic rings. The summed E-state index contributed by atoms with van der Waals surface area (Å²) < 4.78 is 5.25. The van der Waals surface area contributed by atoms with Crippen LogP contribution in [0.4, 0.5) is 0 Å². The van der Waals surface area contributed by atoms with Gasteiger partial charge in [0, 0.05) is 30.9 Å². The summed E-state index contributed by atoms with van der Waals surface area (Å²) in [5, 5.41) is 7.05. The van der Waals surface area contributed by atoms with Gasteiger partial charge in [0.25, 0.3) is 0 Å². The predicted molar refractivity (Wildman–Crippen MR) is 69.3 cm³/mol. The zero-order chi connectivity index (χ0) is 13.0. The van der Waals surface area contributed by atoms with Gasteiger partial charge in [0.1, 0.15) is 5.76 Å². The van der Waals surface area contributed by atoms with Gasteiger partial charge >= 0.3 is 0 Å². The van der Waals surface area contributed by atoms with Crippen molar-refractivity contribution >= 4 is 5.91 Å². The number of amides is 1. The summed E-state index contributed by atoms with van der Waals surface area (Å²) in [4.78, 5) is 11.7. The van der Waals surface area contributed by atoms with Gasteiger partial charge in [-0.25, -0.2) is 0 Å². The van der Waals surface area contributed by atoms with Crippen molar-refractivity contribution in [2.45, 2.75) is 51.9 Å². The summed E-state index contributed by atoms with van der Waals surface area (Å²) >= 11 is 0. The molecule has 1 aromatic heterocycles. The maximum absolute atomic E-state index is 11.7. The largest absolute Gasteiger partial charge is 0.361 e. The Bertz CT molecular complexity index is 392. The molecule has 1 aliphatic rings. The van der Waals surface area contributed by atoms with Crippen LogP contribution in [0.25, 0.3) is 0 Å². The van der Waals surface area contributed by atoms with E-state index >= 15 is 0 Å². The fraction of sp³-hybridized carbons (Fsp3) is 0.714. The van der Waals surface area contributed by atoms with Crippen molar-refractivity contribution in [3.63, 3.8) is 0 Å². The van der Waals surface area contributed by atoms with E-state index in [1.807, 2.05) is 6.92 Å². The van der Waals surface area contributed by atoms with Crippen molar-refractivity contribution in [3.8, 4) is 0 Å². The SMILES string of the molecule is CCNC(=O)C1CCC(c2cc(CC)on2)CC1. The highest BCUT2D eigenvalue weighted by molar-refractivity contribution is 5.78. The lowest BCUT2D eigenvalue weighted by Gasteiger charge is -2.26.